The first-order valence-corrected chi connectivity index (χ1v) is 9.39. The van der Waals surface area contributed by atoms with E-state index in [4.69, 9.17) is 4.74 Å². The van der Waals surface area contributed by atoms with Crippen molar-refractivity contribution in [3.63, 3.8) is 0 Å². The molecule has 0 aromatic heterocycles. The molecule has 0 saturated heterocycles. The Labute approximate surface area is 158 Å². The van der Waals surface area contributed by atoms with Gasteiger partial charge in [0.15, 0.2) is 0 Å². The van der Waals surface area contributed by atoms with Crippen LogP contribution in [0.5, 0.6) is 0 Å². The summed E-state index contributed by atoms with van der Waals surface area (Å²) in [6.07, 6.45) is 5.60. The van der Waals surface area contributed by atoms with Gasteiger partial charge in [0.25, 0.3) is 0 Å². The van der Waals surface area contributed by atoms with Gasteiger partial charge in [0.05, 0.1) is 18.7 Å². The summed E-state index contributed by atoms with van der Waals surface area (Å²) < 4.78 is 4.90. The molecule has 3 aromatic carbocycles. The summed E-state index contributed by atoms with van der Waals surface area (Å²) >= 11 is 0. The molecule has 3 atom stereocenters. The summed E-state index contributed by atoms with van der Waals surface area (Å²) in [5.74, 6) is 0.471. The van der Waals surface area contributed by atoms with Crippen LogP contribution < -0.4 is 5.32 Å². The minimum absolute atomic E-state index is 0.243. The largest absolute Gasteiger partial charge is 0.465 e. The van der Waals surface area contributed by atoms with E-state index in [2.05, 4.69) is 59.9 Å². The maximum absolute atomic E-state index is 12.0. The first-order valence-electron chi connectivity index (χ1n) is 9.39. The number of methoxy groups -OCH3 is 1. The van der Waals surface area contributed by atoms with E-state index in [1.54, 1.807) is 0 Å². The van der Waals surface area contributed by atoms with Crippen molar-refractivity contribution in [3.8, 4) is 0 Å². The number of anilines is 1. The van der Waals surface area contributed by atoms with Gasteiger partial charge in [-0.15, -0.1) is 0 Å². The lowest BCUT2D eigenvalue weighted by atomic mass is 9.76. The second kappa shape index (κ2) is 6.27. The molecule has 3 heteroatoms. The summed E-state index contributed by atoms with van der Waals surface area (Å²) in [6, 6.07) is 21.2. The van der Waals surface area contributed by atoms with E-state index in [0.717, 1.165) is 12.1 Å². The molecule has 1 aliphatic carbocycles. The minimum atomic E-state index is -0.285. The standard InChI is InChI=1S/C24H21NO2/c1-27-24(26)16-12-13-22-21(14-16)18-9-5-11-20(18)23(25-22)19-10-4-7-15-6-2-3-8-17(15)19/h2-10,12-14,18,20,23,25H,11H2,1H3/t18-,20+,23-/m0/s1. The smallest absolute Gasteiger partial charge is 0.337 e. The molecule has 2 aliphatic rings. The molecule has 0 fully saturated rings. The van der Waals surface area contributed by atoms with Crippen LogP contribution in [0.3, 0.4) is 0 Å². The highest BCUT2D eigenvalue weighted by Crippen LogP contribution is 2.50. The van der Waals surface area contributed by atoms with Crippen molar-refractivity contribution < 1.29 is 9.53 Å². The highest BCUT2D eigenvalue weighted by molar-refractivity contribution is 5.91. The number of rotatable bonds is 2. The lowest BCUT2D eigenvalue weighted by Crippen LogP contribution is -2.29. The minimum Gasteiger partial charge on any atom is -0.465 e. The van der Waals surface area contributed by atoms with E-state index in [9.17, 15) is 4.79 Å². The molecule has 1 N–H and O–H groups in total. The van der Waals surface area contributed by atoms with Gasteiger partial charge in [-0.05, 0) is 52.4 Å². The van der Waals surface area contributed by atoms with Crippen LogP contribution in [0.1, 0.15) is 39.9 Å². The van der Waals surface area contributed by atoms with Crippen molar-refractivity contribution in [3.05, 3.63) is 89.5 Å². The van der Waals surface area contributed by atoms with Crippen LogP contribution in [0.4, 0.5) is 5.69 Å². The number of carbonyl (C=O) groups is 1. The average Bonchev–Trinajstić information content (AvgIpc) is 3.22. The highest BCUT2D eigenvalue weighted by Gasteiger charge is 2.38. The van der Waals surface area contributed by atoms with E-state index in [1.807, 2.05) is 18.2 Å². The van der Waals surface area contributed by atoms with Crippen molar-refractivity contribution in [1.29, 1.82) is 0 Å². The fraction of sp³-hybridized carbons (Fsp3) is 0.208. The monoisotopic (exact) mass is 355 g/mol. The third-order valence-electron chi connectivity index (χ3n) is 5.94. The van der Waals surface area contributed by atoms with E-state index in [0.29, 0.717) is 17.4 Å². The van der Waals surface area contributed by atoms with Crippen molar-refractivity contribution in [2.24, 2.45) is 5.92 Å². The molecule has 3 aromatic rings. The molecule has 1 aliphatic heterocycles. The highest BCUT2D eigenvalue weighted by atomic mass is 16.5. The maximum Gasteiger partial charge on any atom is 0.337 e. The van der Waals surface area contributed by atoms with Crippen molar-refractivity contribution in [2.75, 3.05) is 12.4 Å². The molecular weight excluding hydrogens is 334 g/mol. The number of benzene rings is 3. The quantitative estimate of drug-likeness (QED) is 0.490. The van der Waals surface area contributed by atoms with Crippen LogP contribution in [-0.2, 0) is 4.74 Å². The SMILES string of the molecule is COC(=O)c1ccc2c(c1)[C@H]1C=CC[C@H]1[C@H](c1cccc3ccccc13)N2. The Hall–Kier alpha value is -3.07. The summed E-state index contributed by atoms with van der Waals surface area (Å²) in [6.45, 7) is 0. The maximum atomic E-state index is 12.0. The first kappa shape index (κ1) is 16.1. The molecule has 0 spiro atoms. The lowest BCUT2D eigenvalue weighted by molar-refractivity contribution is 0.0600. The summed E-state index contributed by atoms with van der Waals surface area (Å²) in [7, 11) is 1.43. The van der Waals surface area contributed by atoms with Gasteiger partial charge in [-0.25, -0.2) is 4.79 Å². The second-order valence-corrected chi connectivity index (χ2v) is 7.34. The first-order chi connectivity index (χ1) is 13.3. The summed E-state index contributed by atoms with van der Waals surface area (Å²) in [4.78, 5) is 12.0. The van der Waals surface area contributed by atoms with Gasteiger partial charge in [0.1, 0.15) is 0 Å². The predicted octanol–water partition coefficient (Wildman–Crippen LogP) is 5.45. The van der Waals surface area contributed by atoms with Crippen LogP contribution >= 0.6 is 0 Å². The molecule has 27 heavy (non-hydrogen) atoms. The predicted molar refractivity (Wildman–Crippen MR) is 108 cm³/mol. The molecule has 0 bridgehead atoms. The Morgan fingerprint density at radius 2 is 1.89 bits per heavy atom. The van der Waals surface area contributed by atoms with Gasteiger partial charge in [-0.3, -0.25) is 0 Å². The van der Waals surface area contributed by atoms with Crippen LogP contribution in [0.15, 0.2) is 72.8 Å². The zero-order chi connectivity index (χ0) is 18.4. The molecule has 0 saturated carbocycles. The summed E-state index contributed by atoms with van der Waals surface area (Å²) in [5.41, 5.74) is 4.25. The summed E-state index contributed by atoms with van der Waals surface area (Å²) in [5, 5.41) is 6.34. The van der Waals surface area contributed by atoms with Gasteiger partial charge >= 0.3 is 5.97 Å². The zero-order valence-electron chi connectivity index (χ0n) is 15.2. The molecule has 1 heterocycles. The average molecular weight is 355 g/mol. The Balaban J connectivity index is 1.62. The van der Waals surface area contributed by atoms with Crippen LogP contribution in [-0.4, -0.2) is 13.1 Å². The number of ether oxygens (including phenoxy) is 1. The normalized spacial score (nSPS) is 22.8. The molecule has 0 unspecified atom stereocenters. The number of esters is 1. The molecule has 0 radical (unpaired) electrons. The van der Waals surface area contributed by atoms with E-state index in [1.165, 1.54) is 29.0 Å². The molecule has 3 nitrogen and oxygen atoms in total. The Morgan fingerprint density at radius 3 is 2.78 bits per heavy atom. The van der Waals surface area contributed by atoms with Crippen molar-refractivity contribution in [2.45, 2.75) is 18.4 Å². The number of fused-ring (bicyclic) bond motifs is 4. The fourth-order valence-corrected chi connectivity index (χ4v) is 4.67. The Morgan fingerprint density at radius 1 is 1.04 bits per heavy atom. The number of hydrogen-bond donors (Lipinski definition) is 1. The van der Waals surface area contributed by atoms with Gasteiger partial charge in [-0.1, -0.05) is 54.6 Å². The molecular formula is C24H21NO2. The van der Waals surface area contributed by atoms with Crippen molar-refractivity contribution in [1.82, 2.24) is 0 Å². The number of carbonyl (C=O) groups excluding carboxylic acids is 1. The van der Waals surface area contributed by atoms with Gasteiger partial charge in [-0.2, -0.15) is 0 Å². The van der Waals surface area contributed by atoms with Gasteiger partial charge < -0.3 is 10.1 Å². The number of nitrogens with one attached hydrogen (secondary N) is 1. The van der Waals surface area contributed by atoms with E-state index < -0.39 is 0 Å². The molecule has 134 valence electrons. The molecule has 0 amide bonds. The third kappa shape index (κ3) is 2.54. The van der Waals surface area contributed by atoms with Crippen LogP contribution in [0.25, 0.3) is 10.8 Å². The topological polar surface area (TPSA) is 38.3 Å². The number of allylic oxidation sites excluding steroid dienone is 2. The Bertz CT molecular complexity index is 1060. The number of hydrogen-bond acceptors (Lipinski definition) is 3. The second-order valence-electron chi connectivity index (χ2n) is 7.34. The van der Waals surface area contributed by atoms with Crippen molar-refractivity contribution >= 4 is 22.4 Å². The molecule has 5 rings (SSSR count). The zero-order valence-corrected chi connectivity index (χ0v) is 15.2. The van der Waals surface area contributed by atoms with E-state index >= 15 is 0 Å². The third-order valence-corrected chi connectivity index (χ3v) is 5.94. The van der Waals surface area contributed by atoms with Crippen LogP contribution in [0.2, 0.25) is 0 Å². The van der Waals surface area contributed by atoms with Gasteiger partial charge in [0.2, 0.25) is 0 Å². The Kier molecular flexibility index (Phi) is 3.75. The lowest BCUT2D eigenvalue weighted by Gasteiger charge is -2.38. The van der Waals surface area contributed by atoms with Crippen LogP contribution in [0, 0.1) is 5.92 Å². The van der Waals surface area contributed by atoms with E-state index in [-0.39, 0.29) is 12.0 Å². The van der Waals surface area contributed by atoms with Gasteiger partial charge in [0, 0.05) is 11.6 Å². The fourth-order valence-electron chi connectivity index (χ4n) is 4.67.